The molecule has 1 aromatic rings. The first-order chi connectivity index (χ1) is 10.3. The molecule has 1 unspecified atom stereocenters. The highest BCUT2D eigenvalue weighted by atomic mass is 16.5. The van der Waals surface area contributed by atoms with E-state index in [9.17, 15) is 9.90 Å². The van der Waals surface area contributed by atoms with E-state index in [0.717, 1.165) is 38.0 Å². The van der Waals surface area contributed by atoms with Gasteiger partial charge in [0.25, 0.3) is 5.91 Å². The molecule has 1 amide bonds. The summed E-state index contributed by atoms with van der Waals surface area (Å²) in [5.74, 6) is 0.691. The van der Waals surface area contributed by atoms with Crippen LogP contribution in [0.15, 0.2) is 18.2 Å². The molecule has 21 heavy (non-hydrogen) atoms. The van der Waals surface area contributed by atoms with Crippen LogP contribution >= 0.6 is 0 Å². The van der Waals surface area contributed by atoms with Crippen molar-refractivity contribution in [3.8, 4) is 5.75 Å². The fourth-order valence-electron chi connectivity index (χ4n) is 3.21. The summed E-state index contributed by atoms with van der Waals surface area (Å²) in [7, 11) is 0. The van der Waals surface area contributed by atoms with E-state index in [1.54, 1.807) is 0 Å². The first kappa shape index (κ1) is 14.2. The van der Waals surface area contributed by atoms with Crippen molar-refractivity contribution < 1.29 is 14.6 Å². The van der Waals surface area contributed by atoms with Crippen molar-refractivity contribution in [2.45, 2.75) is 31.7 Å². The molecule has 2 heterocycles. The van der Waals surface area contributed by atoms with Crippen molar-refractivity contribution in [3.63, 3.8) is 0 Å². The van der Waals surface area contributed by atoms with Gasteiger partial charge in [0.2, 0.25) is 0 Å². The first-order valence-electron chi connectivity index (χ1n) is 7.73. The Hall–Kier alpha value is -1.75. The molecular weight excluding hydrogens is 268 g/mol. The number of benzene rings is 1. The van der Waals surface area contributed by atoms with Gasteiger partial charge in [0.1, 0.15) is 6.61 Å². The van der Waals surface area contributed by atoms with Crippen molar-refractivity contribution in [2.24, 2.45) is 0 Å². The average Bonchev–Trinajstić information content (AvgIpc) is 2.54. The Kier molecular flexibility index (Phi) is 4.29. The molecular formula is C16H22N2O3. The van der Waals surface area contributed by atoms with Gasteiger partial charge in [-0.05, 0) is 37.8 Å². The van der Waals surface area contributed by atoms with Gasteiger partial charge < -0.3 is 20.1 Å². The van der Waals surface area contributed by atoms with Crippen molar-refractivity contribution in [2.75, 3.05) is 31.6 Å². The van der Waals surface area contributed by atoms with E-state index < -0.39 is 0 Å². The van der Waals surface area contributed by atoms with Crippen LogP contribution in [-0.4, -0.2) is 48.3 Å². The number of ether oxygens (including phenoxy) is 1. The monoisotopic (exact) mass is 290 g/mol. The molecule has 1 atom stereocenters. The second-order valence-electron chi connectivity index (χ2n) is 5.62. The van der Waals surface area contributed by atoms with Gasteiger partial charge in [0.05, 0.1) is 11.3 Å². The van der Waals surface area contributed by atoms with Crippen LogP contribution in [0.5, 0.6) is 5.75 Å². The fourth-order valence-corrected chi connectivity index (χ4v) is 3.21. The molecule has 0 aliphatic carbocycles. The summed E-state index contributed by atoms with van der Waals surface area (Å²) >= 11 is 0. The molecule has 0 spiro atoms. The minimum absolute atomic E-state index is 0.0219. The van der Waals surface area contributed by atoms with E-state index in [1.165, 1.54) is 0 Å². The number of aliphatic hydroxyl groups is 1. The van der Waals surface area contributed by atoms with Gasteiger partial charge in [-0.15, -0.1) is 0 Å². The number of aliphatic hydroxyl groups excluding tert-OH is 1. The standard InChI is InChI=1S/C16H22N2O3/c19-10-7-12-4-1-2-9-18(12)16(20)13-5-3-6-14-15(13)21-11-8-17-14/h3,5-6,12,17,19H,1-2,4,7-11H2. The molecule has 114 valence electrons. The number of likely N-dealkylation sites (tertiary alicyclic amines) is 1. The maximum atomic E-state index is 12.9. The summed E-state index contributed by atoms with van der Waals surface area (Å²) < 4.78 is 5.70. The highest BCUT2D eigenvalue weighted by Gasteiger charge is 2.29. The highest BCUT2D eigenvalue weighted by Crippen LogP contribution is 2.33. The van der Waals surface area contributed by atoms with E-state index in [2.05, 4.69) is 5.32 Å². The van der Waals surface area contributed by atoms with Crippen LogP contribution in [0.3, 0.4) is 0 Å². The van der Waals surface area contributed by atoms with E-state index in [1.807, 2.05) is 23.1 Å². The van der Waals surface area contributed by atoms with Crippen LogP contribution in [0.25, 0.3) is 0 Å². The maximum Gasteiger partial charge on any atom is 0.257 e. The highest BCUT2D eigenvalue weighted by molar-refractivity contribution is 5.99. The SMILES string of the molecule is O=C(c1cccc2c1OCCN2)N1CCCCC1CCO. The number of nitrogens with zero attached hydrogens (tertiary/aromatic N) is 1. The van der Waals surface area contributed by atoms with Gasteiger partial charge >= 0.3 is 0 Å². The van der Waals surface area contributed by atoms with Gasteiger partial charge in [-0.3, -0.25) is 4.79 Å². The molecule has 0 aromatic heterocycles. The molecule has 1 saturated heterocycles. The van der Waals surface area contributed by atoms with Gasteiger partial charge in [0, 0.05) is 25.7 Å². The number of rotatable bonds is 3. The van der Waals surface area contributed by atoms with Crippen LogP contribution in [0, 0.1) is 0 Å². The first-order valence-corrected chi connectivity index (χ1v) is 7.73. The number of carbonyl (C=O) groups excluding carboxylic acids is 1. The van der Waals surface area contributed by atoms with Crippen molar-refractivity contribution in [1.82, 2.24) is 4.90 Å². The number of para-hydroxylation sites is 1. The molecule has 2 aliphatic heterocycles. The molecule has 5 heteroatoms. The van der Waals surface area contributed by atoms with Gasteiger partial charge in [0.15, 0.2) is 5.75 Å². The zero-order valence-electron chi connectivity index (χ0n) is 12.2. The average molecular weight is 290 g/mol. The molecule has 3 rings (SSSR count). The van der Waals surface area contributed by atoms with E-state index in [-0.39, 0.29) is 18.6 Å². The quantitative estimate of drug-likeness (QED) is 0.892. The van der Waals surface area contributed by atoms with Crippen molar-refractivity contribution >= 4 is 11.6 Å². The van der Waals surface area contributed by atoms with E-state index in [4.69, 9.17) is 4.74 Å². The topological polar surface area (TPSA) is 61.8 Å². The predicted molar refractivity (Wildman–Crippen MR) is 80.8 cm³/mol. The Morgan fingerprint density at radius 1 is 1.43 bits per heavy atom. The van der Waals surface area contributed by atoms with E-state index >= 15 is 0 Å². The Morgan fingerprint density at radius 2 is 2.33 bits per heavy atom. The van der Waals surface area contributed by atoms with Crippen LogP contribution in [0.2, 0.25) is 0 Å². The normalized spacial score (nSPS) is 21.2. The fraction of sp³-hybridized carbons (Fsp3) is 0.562. The van der Waals surface area contributed by atoms with Gasteiger partial charge in [-0.2, -0.15) is 0 Å². The van der Waals surface area contributed by atoms with Crippen LogP contribution < -0.4 is 10.1 Å². The maximum absolute atomic E-state index is 12.9. The lowest BCUT2D eigenvalue weighted by molar-refractivity contribution is 0.0570. The largest absolute Gasteiger partial charge is 0.489 e. The second kappa shape index (κ2) is 6.35. The zero-order chi connectivity index (χ0) is 14.7. The van der Waals surface area contributed by atoms with Crippen LogP contribution in [0.4, 0.5) is 5.69 Å². The number of hydrogen-bond acceptors (Lipinski definition) is 4. The zero-order valence-corrected chi connectivity index (χ0v) is 12.2. The number of carbonyl (C=O) groups is 1. The molecule has 5 nitrogen and oxygen atoms in total. The third-order valence-electron chi connectivity index (χ3n) is 4.26. The van der Waals surface area contributed by atoms with E-state index in [0.29, 0.717) is 24.3 Å². The third-order valence-corrected chi connectivity index (χ3v) is 4.26. The number of nitrogens with one attached hydrogen (secondary N) is 1. The van der Waals surface area contributed by atoms with Gasteiger partial charge in [-0.1, -0.05) is 6.07 Å². The number of anilines is 1. The predicted octanol–water partition coefficient (Wildman–Crippen LogP) is 1.87. The summed E-state index contributed by atoms with van der Waals surface area (Å²) in [4.78, 5) is 14.8. The number of hydrogen-bond donors (Lipinski definition) is 2. The third kappa shape index (κ3) is 2.83. The van der Waals surface area contributed by atoms with Crippen molar-refractivity contribution in [3.05, 3.63) is 23.8 Å². The Balaban J connectivity index is 1.87. The molecule has 2 N–H and O–H groups in total. The smallest absolute Gasteiger partial charge is 0.257 e. The Labute approximate surface area is 124 Å². The molecule has 0 radical (unpaired) electrons. The molecule has 1 fully saturated rings. The lowest BCUT2D eigenvalue weighted by atomic mass is 9.98. The number of piperidine rings is 1. The molecule has 0 bridgehead atoms. The Morgan fingerprint density at radius 3 is 3.19 bits per heavy atom. The molecule has 0 saturated carbocycles. The number of fused-ring (bicyclic) bond motifs is 1. The summed E-state index contributed by atoms with van der Waals surface area (Å²) in [6.45, 7) is 2.23. The van der Waals surface area contributed by atoms with Crippen LogP contribution in [0.1, 0.15) is 36.0 Å². The van der Waals surface area contributed by atoms with Crippen molar-refractivity contribution in [1.29, 1.82) is 0 Å². The summed E-state index contributed by atoms with van der Waals surface area (Å²) in [5.41, 5.74) is 1.52. The minimum atomic E-state index is 0.0219. The molecule has 2 aliphatic rings. The Bertz CT molecular complexity index is 516. The summed E-state index contributed by atoms with van der Waals surface area (Å²) in [5, 5.41) is 12.5. The van der Waals surface area contributed by atoms with Gasteiger partial charge in [-0.25, -0.2) is 0 Å². The molecule has 1 aromatic carbocycles. The minimum Gasteiger partial charge on any atom is -0.489 e. The second-order valence-corrected chi connectivity index (χ2v) is 5.62. The number of amides is 1. The summed E-state index contributed by atoms with van der Waals surface area (Å²) in [6.07, 6.45) is 3.78. The lowest BCUT2D eigenvalue weighted by Crippen LogP contribution is -2.44. The summed E-state index contributed by atoms with van der Waals surface area (Å²) in [6, 6.07) is 5.80. The lowest BCUT2D eigenvalue weighted by Gasteiger charge is -2.36. The van der Waals surface area contributed by atoms with Crippen LogP contribution in [-0.2, 0) is 0 Å².